The first kappa shape index (κ1) is 20.2. The third-order valence-electron chi connectivity index (χ3n) is 5.36. The second-order valence-electron chi connectivity index (χ2n) is 7.46. The summed E-state index contributed by atoms with van der Waals surface area (Å²) in [5.74, 6) is 0.942. The van der Waals surface area contributed by atoms with Gasteiger partial charge in [-0.15, -0.1) is 12.4 Å². The van der Waals surface area contributed by atoms with E-state index in [1.165, 1.54) is 12.8 Å². The fourth-order valence-electron chi connectivity index (χ4n) is 3.61. The number of aromatic nitrogens is 2. The first-order chi connectivity index (χ1) is 12.6. The molecule has 4 rings (SSSR count). The van der Waals surface area contributed by atoms with Gasteiger partial charge in [0, 0.05) is 37.9 Å². The molecule has 0 radical (unpaired) electrons. The molecule has 1 saturated heterocycles. The molecule has 2 heterocycles. The van der Waals surface area contributed by atoms with Crippen LogP contribution in [0, 0.1) is 5.92 Å². The maximum Gasteiger partial charge on any atom is 0.257 e. The van der Waals surface area contributed by atoms with Gasteiger partial charge in [-0.3, -0.25) is 9.48 Å². The monoisotopic (exact) mass is 408 g/mol. The molecule has 1 saturated carbocycles. The van der Waals surface area contributed by atoms with Crippen molar-refractivity contribution in [3.8, 4) is 11.3 Å². The zero-order chi connectivity index (χ0) is 18.1. The van der Waals surface area contributed by atoms with Crippen molar-refractivity contribution >= 4 is 29.9 Å². The minimum atomic E-state index is 0. The molecule has 1 aromatic heterocycles. The van der Waals surface area contributed by atoms with Crippen LogP contribution < -0.4 is 5.32 Å². The van der Waals surface area contributed by atoms with Gasteiger partial charge in [-0.05, 0) is 44.2 Å². The van der Waals surface area contributed by atoms with Gasteiger partial charge in [0.05, 0.1) is 10.6 Å². The van der Waals surface area contributed by atoms with E-state index in [0.29, 0.717) is 22.3 Å². The Balaban J connectivity index is 0.00000210. The lowest BCUT2D eigenvalue weighted by Gasteiger charge is -2.32. The van der Waals surface area contributed by atoms with E-state index >= 15 is 0 Å². The Labute approximate surface area is 171 Å². The van der Waals surface area contributed by atoms with Gasteiger partial charge >= 0.3 is 0 Å². The summed E-state index contributed by atoms with van der Waals surface area (Å²) in [6, 6.07) is 8.08. The molecule has 0 unspecified atom stereocenters. The summed E-state index contributed by atoms with van der Waals surface area (Å²) in [7, 11) is 1.84. The van der Waals surface area contributed by atoms with Crippen molar-refractivity contribution in [2.45, 2.75) is 31.7 Å². The number of halogens is 2. The van der Waals surface area contributed by atoms with Crippen molar-refractivity contribution in [3.05, 3.63) is 41.0 Å². The van der Waals surface area contributed by atoms with Crippen molar-refractivity contribution < 1.29 is 4.79 Å². The molecule has 1 N–H and O–H groups in total. The van der Waals surface area contributed by atoms with E-state index in [-0.39, 0.29) is 18.3 Å². The van der Waals surface area contributed by atoms with Crippen LogP contribution in [0.2, 0.25) is 5.02 Å². The molecule has 1 aliphatic carbocycles. The lowest BCUT2D eigenvalue weighted by atomic mass is 10.0. The molecule has 1 amide bonds. The lowest BCUT2D eigenvalue weighted by Crippen LogP contribution is -2.45. The molecule has 7 heteroatoms. The number of benzene rings is 1. The largest absolute Gasteiger partial charge is 0.338 e. The third-order valence-corrected chi connectivity index (χ3v) is 5.69. The van der Waals surface area contributed by atoms with Gasteiger partial charge in [-0.1, -0.05) is 29.8 Å². The second-order valence-corrected chi connectivity index (χ2v) is 7.87. The average Bonchev–Trinajstić information content (AvgIpc) is 3.41. The summed E-state index contributed by atoms with van der Waals surface area (Å²) >= 11 is 6.33. The first-order valence-corrected chi connectivity index (χ1v) is 9.81. The number of nitrogens with zero attached hydrogens (tertiary/aromatic N) is 3. The van der Waals surface area contributed by atoms with Gasteiger partial charge in [0.2, 0.25) is 0 Å². The summed E-state index contributed by atoms with van der Waals surface area (Å²) in [5, 5.41) is 8.77. The molecular weight excluding hydrogens is 383 g/mol. The minimum absolute atomic E-state index is 0. The molecule has 5 nitrogen and oxygen atoms in total. The molecule has 1 aliphatic heterocycles. The smallest absolute Gasteiger partial charge is 0.257 e. The number of aryl methyl sites for hydroxylation is 1. The van der Waals surface area contributed by atoms with E-state index in [1.54, 1.807) is 10.9 Å². The summed E-state index contributed by atoms with van der Waals surface area (Å²) in [4.78, 5) is 15.1. The minimum Gasteiger partial charge on any atom is -0.338 e. The predicted molar refractivity (Wildman–Crippen MR) is 111 cm³/mol. The average molecular weight is 409 g/mol. The lowest BCUT2D eigenvalue weighted by molar-refractivity contribution is 0.0705. The highest BCUT2D eigenvalue weighted by Gasteiger charge is 2.28. The van der Waals surface area contributed by atoms with E-state index in [9.17, 15) is 4.79 Å². The summed E-state index contributed by atoms with van der Waals surface area (Å²) < 4.78 is 1.69. The fourth-order valence-corrected chi connectivity index (χ4v) is 3.83. The van der Waals surface area contributed by atoms with E-state index in [1.807, 2.05) is 36.2 Å². The number of amides is 1. The molecule has 1 aromatic carbocycles. The van der Waals surface area contributed by atoms with Gasteiger partial charge in [-0.25, -0.2) is 0 Å². The molecule has 2 fully saturated rings. The molecule has 27 heavy (non-hydrogen) atoms. The van der Waals surface area contributed by atoms with Crippen molar-refractivity contribution in [1.29, 1.82) is 0 Å². The summed E-state index contributed by atoms with van der Waals surface area (Å²) in [6.45, 7) is 2.72. The standard InChI is InChI=1S/C20H25ClN4O.ClH/c1-24-13-17(19(23-24)16-4-2-3-5-18(16)21)20(26)25-10-8-15(9-11-25)22-12-14-6-7-14;/h2-5,13-15,22H,6-12H2,1H3;1H. The Morgan fingerprint density at radius 3 is 2.59 bits per heavy atom. The van der Waals surface area contributed by atoms with E-state index in [0.717, 1.165) is 44.0 Å². The number of hydrogen-bond donors (Lipinski definition) is 1. The molecule has 2 aromatic rings. The van der Waals surface area contributed by atoms with E-state index < -0.39 is 0 Å². The van der Waals surface area contributed by atoms with Crippen LogP contribution in [0.25, 0.3) is 11.3 Å². The van der Waals surface area contributed by atoms with Crippen LogP contribution in [0.4, 0.5) is 0 Å². The molecule has 2 aliphatic rings. The maximum absolute atomic E-state index is 13.1. The van der Waals surface area contributed by atoms with Crippen molar-refractivity contribution in [2.24, 2.45) is 13.0 Å². The molecule has 146 valence electrons. The zero-order valence-corrected chi connectivity index (χ0v) is 17.1. The number of carbonyl (C=O) groups is 1. The number of nitrogens with one attached hydrogen (secondary N) is 1. The van der Waals surface area contributed by atoms with Gasteiger partial charge in [0.25, 0.3) is 5.91 Å². The number of carbonyl (C=O) groups excluding carboxylic acids is 1. The van der Waals surface area contributed by atoms with Crippen molar-refractivity contribution in [3.63, 3.8) is 0 Å². The Morgan fingerprint density at radius 1 is 1.22 bits per heavy atom. The predicted octanol–water partition coefficient (Wildman–Crippen LogP) is 3.77. The van der Waals surface area contributed by atoms with Gasteiger partial charge in [0.15, 0.2) is 0 Å². The van der Waals surface area contributed by atoms with Crippen molar-refractivity contribution in [1.82, 2.24) is 20.0 Å². The van der Waals surface area contributed by atoms with Crippen LogP contribution in [0.5, 0.6) is 0 Å². The first-order valence-electron chi connectivity index (χ1n) is 9.43. The summed E-state index contributed by atoms with van der Waals surface area (Å²) in [6.07, 6.45) is 6.57. The molecule has 0 atom stereocenters. The number of piperidine rings is 1. The molecule has 0 spiro atoms. The molecule has 0 bridgehead atoms. The topological polar surface area (TPSA) is 50.2 Å². The van der Waals surface area contributed by atoms with Crippen LogP contribution in [0.15, 0.2) is 30.5 Å². The normalized spacial score (nSPS) is 17.6. The van der Waals surface area contributed by atoms with Crippen LogP contribution in [0.1, 0.15) is 36.0 Å². The Kier molecular flexibility index (Phi) is 6.45. The van der Waals surface area contributed by atoms with Gasteiger partial charge in [-0.2, -0.15) is 5.10 Å². The van der Waals surface area contributed by atoms with Crippen LogP contribution in [0.3, 0.4) is 0 Å². The highest BCUT2D eigenvalue weighted by atomic mass is 35.5. The molecular formula is C20H26Cl2N4O. The van der Waals surface area contributed by atoms with Crippen LogP contribution >= 0.6 is 24.0 Å². The highest BCUT2D eigenvalue weighted by molar-refractivity contribution is 6.33. The third kappa shape index (κ3) is 4.65. The maximum atomic E-state index is 13.1. The van der Waals surface area contributed by atoms with Crippen LogP contribution in [-0.2, 0) is 7.05 Å². The SMILES string of the molecule is Cl.Cn1cc(C(=O)N2CCC(NCC3CC3)CC2)c(-c2ccccc2Cl)n1. The number of rotatable bonds is 5. The van der Waals surface area contributed by atoms with Crippen LogP contribution in [-0.4, -0.2) is 46.3 Å². The fraction of sp³-hybridized carbons (Fsp3) is 0.500. The van der Waals surface area contributed by atoms with E-state index in [2.05, 4.69) is 10.4 Å². The summed E-state index contributed by atoms with van der Waals surface area (Å²) in [5.41, 5.74) is 2.10. The van der Waals surface area contributed by atoms with Crippen molar-refractivity contribution in [2.75, 3.05) is 19.6 Å². The van der Waals surface area contributed by atoms with Gasteiger partial charge in [0.1, 0.15) is 5.69 Å². The number of likely N-dealkylation sites (tertiary alicyclic amines) is 1. The zero-order valence-electron chi connectivity index (χ0n) is 15.5. The Hall–Kier alpha value is -1.56. The van der Waals surface area contributed by atoms with E-state index in [4.69, 9.17) is 11.6 Å². The Morgan fingerprint density at radius 2 is 1.93 bits per heavy atom. The highest BCUT2D eigenvalue weighted by Crippen LogP contribution is 2.30. The quantitative estimate of drug-likeness (QED) is 0.818. The second kappa shape index (κ2) is 8.63. The Bertz CT molecular complexity index is 795. The number of hydrogen-bond acceptors (Lipinski definition) is 3. The van der Waals surface area contributed by atoms with Gasteiger partial charge < -0.3 is 10.2 Å².